The Labute approximate surface area is 116 Å². The minimum absolute atomic E-state index is 0.176. The van der Waals surface area contributed by atoms with Gasteiger partial charge in [-0.2, -0.15) is 0 Å². The third-order valence-electron chi connectivity index (χ3n) is 3.02. The molecule has 0 bridgehead atoms. The van der Waals surface area contributed by atoms with Crippen LogP contribution in [-0.4, -0.2) is 23.9 Å². The Morgan fingerprint density at radius 2 is 1.95 bits per heavy atom. The average molecular weight is 270 g/mol. The van der Waals surface area contributed by atoms with E-state index in [9.17, 15) is 4.79 Å². The highest BCUT2D eigenvalue weighted by atomic mass is 32.1. The standard InChI is InChI=1S/C15H14N2OS/c18-14(15-7-4-10-19-15)11-16-8-9-17(12-16)13-5-2-1-3-6-13/h1-10H,11-12H2. The lowest BCUT2D eigenvalue weighted by molar-refractivity contribution is 0.0963. The predicted molar refractivity (Wildman–Crippen MR) is 78.3 cm³/mol. The van der Waals surface area contributed by atoms with Crippen molar-refractivity contribution in [1.82, 2.24) is 4.90 Å². The number of anilines is 1. The van der Waals surface area contributed by atoms with Crippen molar-refractivity contribution in [3.8, 4) is 0 Å². The summed E-state index contributed by atoms with van der Waals surface area (Å²) < 4.78 is 0. The smallest absolute Gasteiger partial charge is 0.192 e. The molecular formula is C15H14N2OS. The molecule has 3 rings (SSSR count). The van der Waals surface area contributed by atoms with Gasteiger partial charge in [0.15, 0.2) is 5.78 Å². The molecule has 0 fully saturated rings. The van der Waals surface area contributed by atoms with E-state index in [1.165, 1.54) is 11.3 Å². The van der Waals surface area contributed by atoms with Crippen molar-refractivity contribution in [2.75, 3.05) is 18.1 Å². The lowest BCUT2D eigenvalue weighted by Crippen LogP contribution is -2.29. The summed E-state index contributed by atoms with van der Waals surface area (Å²) in [4.78, 5) is 17.0. The van der Waals surface area contributed by atoms with Crippen LogP contribution in [0.25, 0.3) is 0 Å². The van der Waals surface area contributed by atoms with Gasteiger partial charge in [0.05, 0.1) is 18.1 Å². The van der Waals surface area contributed by atoms with Gasteiger partial charge in [-0.1, -0.05) is 24.3 Å². The molecule has 1 aliphatic heterocycles. The van der Waals surface area contributed by atoms with Crippen LogP contribution < -0.4 is 4.90 Å². The number of Topliss-reactive ketones (excluding diaryl/α,β-unsaturated/α-hetero) is 1. The summed E-state index contributed by atoms with van der Waals surface area (Å²) in [5.74, 6) is 0.176. The number of rotatable bonds is 4. The summed E-state index contributed by atoms with van der Waals surface area (Å²) in [7, 11) is 0. The number of carbonyl (C=O) groups is 1. The van der Waals surface area contributed by atoms with Gasteiger partial charge in [-0.05, 0) is 23.6 Å². The minimum Gasteiger partial charge on any atom is -0.351 e. The van der Waals surface area contributed by atoms with Crippen LogP contribution in [0, 0.1) is 0 Å². The SMILES string of the molecule is O=C(CN1C=CN(c2ccccc2)C1)c1cccs1. The molecule has 2 heterocycles. The van der Waals surface area contributed by atoms with Crippen molar-refractivity contribution in [2.24, 2.45) is 0 Å². The fourth-order valence-corrected chi connectivity index (χ4v) is 2.71. The van der Waals surface area contributed by atoms with E-state index in [0.717, 1.165) is 17.2 Å². The van der Waals surface area contributed by atoms with E-state index in [0.29, 0.717) is 6.54 Å². The van der Waals surface area contributed by atoms with Gasteiger partial charge in [-0.25, -0.2) is 0 Å². The molecule has 96 valence electrons. The number of hydrogen-bond donors (Lipinski definition) is 0. The van der Waals surface area contributed by atoms with E-state index in [-0.39, 0.29) is 5.78 Å². The molecule has 0 spiro atoms. The monoisotopic (exact) mass is 270 g/mol. The van der Waals surface area contributed by atoms with Gasteiger partial charge in [0, 0.05) is 18.1 Å². The molecule has 0 radical (unpaired) electrons. The Hall–Kier alpha value is -2.07. The zero-order valence-corrected chi connectivity index (χ0v) is 11.2. The van der Waals surface area contributed by atoms with Crippen LogP contribution in [0.1, 0.15) is 9.67 Å². The van der Waals surface area contributed by atoms with Crippen molar-refractivity contribution in [2.45, 2.75) is 0 Å². The number of carbonyl (C=O) groups excluding carboxylic acids is 1. The molecule has 0 atom stereocenters. The third-order valence-corrected chi connectivity index (χ3v) is 3.93. The Bertz CT molecular complexity index is 577. The second-order valence-corrected chi connectivity index (χ2v) is 5.34. The highest BCUT2D eigenvalue weighted by Gasteiger charge is 2.17. The lowest BCUT2D eigenvalue weighted by atomic mass is 10.3. The number of hydrogen-bond acceptors (Lipinski definition) is 4. The molecular weight excluding hydrogens is 256 g/mol. The number of benzene rings is 1. The quantitative estimate of drug-likeness (QED) is 0.797. The highest BCUT2D eigenvalue weighted by molar-refractivity contribution is 7.12. The first-order chi connectivity index (χ1) is 9.33. The summed E-state index contributed by atoms with van der Waals surface area (Å²) in [5, 5.41) is 1.93. The van der Waals surface area contributed by atoms with E-state index in [1.54, 1.807) is 0 Å². The van der Waals surface area contributed by atoms with Crippen molar-refractivity contribution in [3.05, 3.63) is 65.1 Å². The Morgan fingerprint density at radius 3 is 2.68 bits per heavy atom. The van der Waals surface area contributed by atoms with Crippen molar-refractivity contribution in [1.29, 1.82) is 0 Å². The summed E-state index contributed by atoms with van der Waals surface area (Å²) in [5.41, 5.74) is 1.14. The fraction of sp³-hybridized carbons (Fsp3) is 0.133. The molecule has 0 N–H and O–H groups in total. The molecule has 0 aliphatic carbocycles. The maximum atomic E-state index is 12.0. The van der Waals surface area contributed by atoms with Crippen molar-refractivity contribution >= 4 is 22.8 Å². The largest absolute Gasteiger partial charge is 0.351 e. The summed E-state index contributed by atoms with van der Waals surface area (Å²) >= 11 is 1.50. The third kappa shape index (κ3) is 2.69. The molecule has 4 heteroatoms. The second-order valence-electron chi connectivity index (χ2n) is 4.39. The summed E-state index contributed by atoms with van der Waals surface area (Å²) in [6, 6.07) is 14.0. The minimum atomic E-state index is 0.176. The van der Waals surface area contributed by atoms with Gasteiger partial charge in [-0.3, -0.25) is 4.79 Å². The Morgan fingerprint density at radius 1 is 1.11 bits per heavy atom. The topological polar surface area (TPSA) is 23.6 Å². The molecule has 0 amide bonds. The molecule has 2 aromatic rings. The lowest BCUT2D eigenvalue weighted by Gasteiger charge is -2.20. The number of ketones is 1. The van der Waals surface area contributed by atoms with Crippen LogP contribution in [0.5, 0.6) is 0 Å². The summed E-state index contributed by atoms with van der Waals surface area (Å²) in [6.45, 7) is 1.15. The molecule has 3 nitrogen and oxygen atoms in total. The van der Waals surface area contributed by atoms with E-state index in [2.05, 4.69) is 17.0 Å². The van der Waals surface area contributed by atoms with Crippen LogP contribution in [-0.2, 0) is 0 Å². The summed E-state index contributed by atoms with van der Waals surface area (Å²) in [6.07, 6.45) is 3.98. The maximum Gasteiger partial charge on any atom is 0.192 e. The van der Waals surface area contributed by atoms with Gasteiger partial charge < -0.3 is 9.80 Å². The molecule has 0 unspecified atom stereocenters. The van der Waals surface area contributed by atoms with E-state index >= 15 is 0 Å². The van der Waals surface area contributed by atoms with Gasteiger partial charge in [0.1, 0.15) is 0 Å². The number of thiophene rings is 1. The fourth-order valence-electron chi connectivity index (χ4n) is 2.05. The first kappa shape index (κ1) is 12.0. The zero-order chi connectivity index (χ0) is 13.1. The van der Waals surface area contributed by atoms with Gasteiger partial charge in [0.2, 0.25) is 0 Å². The van der Waals surface area contributed by atoms with Crippen LogP contribution in [0.15, 0.2) is 60.2 Å². The number of nitrogens with zero attached hydrogens (tertiary/aromatic N) is 2. The predicted octanol–water partition coefficient (Wildman–Crippen LogP) is 3.18. The van der Waals surface area contributed by atoms with Crippen molar-refractivity contribution < 1.29 is 4.79 Å². The molecule has 0 saturated carbocycles. The van der Waals surface area contributed by atoms with Crippen LogP contribution in [0.4, 0.5) is 5.69 Å². The van der Waals surface area contributed by atoms with Crippen LogP contribution >= 0.6 is 11.3 Å². The van der Waals surface area contributed by atoms with E-state index in [4.69, 9.17) is 0 Å². The zero-order valence-electron chi connectivity index (χ0n) is 10.4. The van der Waals surface area contributed by atoms with Crippen LogP contribution in [0.3, 0.4) is 0 Å². The van der Waals surface area contributed by atoms with E-state index in [1.807, 2.05) is 53.0 Å². The first-order valence-corrected chi connectivity index (χ1v) is 7.02. The van der Waals surface area contributed by atoms with Gasteiger partial charge >= 0.3 is 0 Å². The Kier molecular flexibility index (Phi) is 3.33. The molecule has 1 aliphatic rings. The normalized spacial score (nSPS) is 14.1. The average Bonchev–Trinajstić information content (AvgIpc) is 3.11. The van der Waals surface area contributed by atoms with Crippen LogP contribution in [0.2, 0.25) is 0 Å². The van der Waals surface area contributed by atoms with Gasteiger partial charge in [0.25, 0.3) is 0 Å². The molecule has 1 aromatic heterocycles. The second kappa shape index (κ2) is 5.28. The first-order valence-electron chi connectivity index (χ1n) is 6.14. The van der Waals surface area contributed by atoms with Crippen molar-refractivity contribution in [3.63, 3.8) is 0 Å². The Balaban J connectivity index is 1.61. The molecule has 1 aromatic carbocycles. The maximum absolute atomic E-state index is 12.0. The highest BCUT2D eigenvalue weighted by Crippen LogP contribution is 2.19. The van der Waals surface area contributed by atoms with Gasteiger partial charge in [-0.15, -0.1) is 11.3 Å². The molecule has 0 saturated heterocycles. The molecule has 19 heavy (non-hydrogen) atoms. The van der Waals surface area contributed by atoms with E-state index < -0.39 is 0 Å². The number of para-hydroxylation sites is 1.